The Morgan fingerprint density at radius 1 is 1.12 bits per heavy atom. The molecule has 1 aromatic heterocycles. The van der Waals surface area contributed by atoms with Crippen LogP contribution >= 0.6 is 23.2 Å². The number of aromatic nitrogens is 2. The number of rotatable bonds is 2. The first kappa shape index (κ1) is 12.1. The van der Waals surface area contributed by atoms with Crippen molar-refractivity contribution < 1.29 is 4.74 Å². The summed E-state index contributed by atoms with van der Waals surface area (Å²) in [6, 6.07) is 5.54. The summed E-state index contributed by atoms with van der Waals surface area (Å²) in [5.41, 5.74) is 1.74. The van der Waals surface area contributed by atoms with Crippen molar-refractivity contribution in [1.82, 2.24) is 9.97 Å². The van der Waals surface area contributed by atoms with Gasteiger partial charge >= 0.3 is 0 Å². The smallest absolute Gasteiger partial charge is 0.226 e. The van der Waals surface area contributed by atoms with Crippen molar-refractivity contribution in [2.45, 2.75) is 13.8 Å². The van der Waals surface area contributed by atoms with Crippen molar-refractivity contribution in [3.8, 4) is 11.6 Å². The first-order chi connectivity index (χ1) is 8.08. The van der Waals surface area contributed by atoms with Crippen LogP contribution < -0.4 is 4.74 Å². The molecule has 0 spiro atoms. The van der Waals surface area contributed by atoms with Crippen LogP contribution in [0.5, 0.6) is 11.6 Å². The number of nitrogens with zero attached hydrogens (tertiary/aromatic N) is 2. The van der Waals surface area contributed by atoms with Gasteiger partial charge in [-0.25, -0.2) is 9.97 Å². The number of hydrogen-bond donors (Lipinski definition) is 0. The fourth-order valence-electron chi connectivity index (χ4n) is 1.31. The van der Waals surface area contributed by atoms with Gasteiger partial charge in [-0.1, -0.05) is 29.3 Å². The molecule has 0 N–H and O–H groups in total. The summed E-state index contributed by atoms with van der Waals surface area (Å²) in [5.74, 6) is 0.974. The van der Waals surface area contributed by atoms with E-state index in [1.165, 1.54) is 6.33 Å². The minimum absolute atomic E-state index is 0.374. The highest BCUT2D eigenvalue weighted by Gasteiger charge is 2.09. The van der Waals surface area contributed by atoms with Gasteiger partial charge in [-0.2, -0.15) is 0 Å². The minimum atomic E-state index is 0.374. The van der Waals surface area contributed by atoms with Crippen LogP contribution in [0.25, 0.3) is 0 Å². The molecule has 0 saturated heterocycles. The molecule has 88 valence electrons. The van der Waals surface area contributed by atoms with Gasteiger partial charge < -0.3 is 4.74 Å². The Balaban J connectivity index is 2.38. The van der Waals surface area contributed by atoms with Crippen molar-refractivity contribution in [2.24, 2.45) is 0 Å². The van der Waals surface area contributed by atoms with E-state index in [1.807, 2.05) is 19.1 Å². The van der Waals surface area contributed by atoms with Crippen molar-refractivity contribution in [2.75, 3.05) is 0 Å². The lowest BCUT2D eigenvalue weighted by molar-refractivity contribution is 0.457. The Bertz CT molecular complexity index is 558. The molecule has 2 rings (SSSR count). The van der Waals surface area contributed by atoms with E-state index in [-0.39, 0.29) is 0 Å². The zero-order valence-corrected chi connectivity index (χ0v) is 10.9. The number of halogens is 2. The number of ether oxygens (including phenoxy) is 1. The molecule has 17 heavy (non-hydrogen) atoms. The van der Waals surface area contributed by atoms with Crippen LogP contribution in [0, 0.1) is 13.8 Å². The third-order valence-corrected chi connectivity index (χ3v) is 2.96. The van der Waals surface area contributed by atoms with Crippen molar-refractivity contribution >= 4 is 23.2 Å². The third-order valence-electron chi connectivity index (χ3n) is 2.27. The van der Waals surface area contributed by atoms with Crippen LogP contribution in [-0.4, -0.2) is 9.97 Å². The maximum Gasteiger partial charge on any atom is 0.226 e. The molecule has 0 amide bonds. The summed E-state index contributed by atoms with van der Waals surface area (Å²) in [4.78, 5) is 7.89. The molecule has 0 saturated carbocycles. The molecular weight excluding hydrogens is 259 g/mol. The predicted molar refractivity (Wildman–Crippen MR) is 68.0 cm³/mol. The maximum atomic E-state index is 6.04. The zero-order valence-electron chi connectivity index (χ0n) is 9.37. The van der Waals surface area contributed by atoms with E-state index in [1.54, 1.807) is 13.0 Å². The topological polar surface area (TPSA) is 35.0 Å². The largest absolute Gasteiger partial charge is 0.437 e. The number of aryl methyl sites for hydroxylation is 1. The summed E-state index contributed by atoms with van der Waals surface area (Å²) in [5, 5.41) is 0.906. The predicted octanol–water partition coefficient (Wildman–Crippen LogP) is 4.19. The van der Waals surface area contributed by atoms with Gasteiger partial charge in [0.15, 0.2) is 0 Å². The SMILES string of the molecule is Cc1ccc(Cl)c(Oc2ncnc(Cl)c2C)c1. The summed E-state index contributed by atoms with van der Waals surface area (Å²) >= 11 is 11.9. The van der Waals surface area contributed by atoms with Gasteiger partial charge in [-0.05, 0) is 31.5 Å². The first-order valence-electron chi connectivity index (χ1n) is 4.99. The highest BCUT2D eigenvalue weighted by molar-refractivity contribution is 6.32. The van der Waals surface area contributed by atoms with Crippen molar-refractivity contribution in [1.29, 1.82) is 0 Å². The second kappa shape index (κ2) is 4.90. The van der Waals surface area contributed by atoms with Gasteiger partial charge in [0.05, 0.1) is 5.02 Å². The van der Waals surface area contributed by atoms with Gasteiger partial charge in [-0.15, -0.1) is 0 Å². The first-order valence-corrected chi connectivity index (χ1v) is 5.74. The van der Waals surface area contributed by atoms with E-state index < -0.39 is 0 Å². The van der Waals surface area contributed by atoms with Gasteiger partial charge in [0, 0.05) is 5.56 Å². The monoisotopic (exact) mass is 268 g/mol. The van der Waals surface area contributed by atoms with Crippen LogP contribution in [0.2, 0.25) is 10.2 Å². The third kappa shape index (κ3) is 2.68. The maximum absolute atomic E-state index is 6.04. The second-order valence-corrected chi connectivity index (χ2v) is 4.40. The molecule has 2 aromatic rings. The second-order valence-electron chi connectivity index (χ2n) is 3.63. The van der Waals surface area contributed by atoms with Crippen LogP contribution in [-0.2, 0) is 0 Å². The Morgan fingerprint density at radius 2 is 1.88 bits per heavy atom. The van der Waals surface area contributed by atoms with Crippen LogP contribution in [0.1, 0.15) is 11.1 Å². The Kier molecular flexibility index (Phi) is 3.50. The average molecular weight is 269 g/mol. The van der Waals surface area contributed by atoms with Crippen LogP contribution in [0.4, 0.5) is 0 Å². The van der Waals surface area contributed by atoms with Crippen LogP contribution in [0.3, 0.4) is 0 Å². The van der Waals surface area contributed by atoms with Crippen molar-refractivity contribution in [3.63, 3.8) is 0 Å². The standard InChI is InChI=1S/C12H10Cl2N2O/c1-7-3-4-9(13)10(5-7)17-12-8(2)11(14)15-6-16-12/h3-6H,1-2H3. The van der Waals surface area contributed by atoms with Gasteiger partial charge in [0.25, 0.3) is 0 Å². The molecule has 0 fully saturated rings. The lowest BCUT2D eigenvalue weighted by Crippen LogP contribution is -1.94. The zero-order chi connectivity index (χ0) is 12.4. The molecule has 0 bridgehead atoms. The van der Waals surface area contributed by atoms with Crippen molar-refractivity contribution in [3.05, 3.63) is 45.8 Å². The lowest BCUT2D eigenvalue weighted by Gasteiger charge is -2.09. The molecule has 0 radical (unpaired) electrons. The average Bonchev–Trinajstić information content (AvgIpc) is 2.30. The molecule has 1 aromatic carbocycles. The van der Waals surface area contributed by atoms with E-state index in [0.717, 1.165) is 5.56 Å². The quantitative estimate of drug-likeness (QED) is 0.766. The van der Waals surface area contributed by atoms with Gasteiger partial charge in [0.2, 0.25) is 5.88 Å². The highest BCUT2D eigenvalue weighted by Crippen LogP contribution is 2.31. The molecule has 0 aliphatic carbocycles. The highest BCUT2D eigenvalue weighted by atomic mass is 35.5. The van der Waals surface area contributed by atoms with E-state index in [2.05, 4.69) is 9.97 Å². The van der Waals surface area contributed by atoms with E-state index in [9.17, 15) is 0 Å². The lowest BCUT2D eigenvalue weighted by atomic mass is 10.2. The fraction of sp³-hybridized carbons (Fsp3) is 0.167. The minimum Gasteiger partial charge on any atom is -0.437 e. The Morgan fingerprint density at radius 3 is 2.65 bits per heavy atom. The molecule has 0 unspecified atom stereocenters. The fourth-order valence-corrected chi connectivity index (χ4v) is 1.59. The van der Waals surface area contributed by atoms with E-state index in [0.29, 0.717) is 27.4 Å². The van der Waals surface area contributed by atoms with Gasteiger partial charge in [-0.3, -0.25) is 0 Å². The van der Waals surface area contributed by atoms with E-state index in [4.69, 9.17) is 27.9 Å². The molecule has 0 atom stereocenters. The molecule has 0 aliphatic heterocycles. The molecule has 5 heteroatoms. The Hall–Kier alpha value is -1.32. The summed E-state index contributed by atoms with van der Waals surface area (Å²) in [6.07, 6.45) is 1.36. The molecule has 1 heterocycles. The molecule has 0 aliphatic rings. The van der Waals surface area contributed by atoms with Gasteiger partial charge in [0.1, 0.15) is 17.2 Å². The Labute approximate surface area is 109 Å². The summed E-state index contributed by atoms with van der Waals surface area (Å²) in [6.45, 7) is 3.75. The van der Waals surface area contributed by atoms with E-state index >= 15 is 0 Å². The summed E-state index contributed by atoms with van der Waals surface area (Å²) < 4.78 is 5.63. The van der Waals surface area contributed by atoms with Crippen LogP contribution in [0.15, 0.2) is 24.5 Å². The normalized spacial score (nSPS) is 10.4. The molecular formula is C12H10Cl2N2O. The number of hydrogen-bond acceptors (Lipinski definition) is 3. The number of benzene rings is 1. The molecule has 3 nitrogen and oxygen atoms in total. The summed E-state index contributed by atoms with van der Waals surface area (Å²) in [7, 11) is 0.